The highest BCUT2D eigenvalue weighted by Crippen LogP contribution is 2.25. The quantitative estimate of drug-likeness (QED) is 0.547. The third kappa shape index (κ3) is 5.18. The molecule has 1 aliphatic heterocycles. The zero-order chi connectivity index (χ0) is 21.0. The molecule has 9 heteroatoms. The van der Waals surface area contributed by atoms with Crippen molar-refractivity contribution in [3.8, 4) is 0 Å². The molecule has 2 aromatic rings. The first-order valence-electron chi connectivity index (χ1n) is 9.41. The maximum Gasteiger partial charge on any atom is 0.269 e. The highest BCUT2D eigenvalue weighted by molar-refractivity contribution is 7.89. The van der Waals surface area contributed by atoms with Crippen LogP contribution in [0.25, 0.3) is 0 Å². The summed E-state index contributed by atoms with van der Waals surface area (Å²) in [5.74, 6) is 0. The van der Waals surface area contributed by atoms with Crippen molar-refractivity contribution in [3.63, 3.8) is 0 Å². The SMILES string of the molecule is Cc1cccc(C(CNS(=O)(=O)c2ccc([N+](=O)[O-])cc2C)N2CCOCC2)c1. The molecule has 1 unspecified atom stereocenters. The summed E-state index contributed by atoms with van der Waals surface area (Å²) in [6.45, 7) is 6.41. The zero-order valence-corrected chi connectivity index (χ0v) is 17.3. The third-order valence-electron chi connectivity index (χ3n) is 5.04. The number of aryl methyl sites for hydroxylation is 2. The van der Waals surface area contributed by atoms with Crippen molar-refractivity contribution in [2.45, 2.75) is 24.8 Å². The van der Waals surface area contributed by atoms with Gasteiger partial charge in [-0.15, -0.1) is 0 Å². The average Bonchev–Trinajstić information content (AvgIpc) is 2.68. The van der Waals surface area contributed by atoms with Crippen LogP contribution in [0.15, 0.2) is 47.4 Å². The van der Waals surface area contributed by atoms with Crippen LogP contribution in [0.4, 0.5) is 5.69 Å². The Kier molecular flexibility index (Phi) is 6.63. The van der Waals surface area contributed by atoms with Crippen LogP contribution in [0.1, 0.15) is 22.7 Å². The van der Waals surface area contributed by atoms with Gasteiger partial charge in [0.2, 0.25) is 10.0 Å². The van der Waals surface area contributed by atoms with Crippen molar-refractivity contribution >= 4 is 15.7 Å². The van der Waals surface area contributed by atoms with Gasteiger partial charge in [-0.3, -0.25) is 15.0 Å². The third-order valence-corrected chi connectivity index (χ3v) is 6.62. The van der Waals surface area contributed by atoms with E-state index in [4.69, 9.17) is 4.74 Å². The van der Waals surface area contributed by atoms with Crippen molar-refractivity contribution in [2.75, 3.05) is 32.8 Å². The molecule has 0 saturated carbocycles. The number of nitrogens with zero attached hydrogens (tertiary/aromatic N) is 2. The van der Waals surface area contributed by atoms with Gasteiger partial charge in [-0.2, -0.15) is 0 Å². The molecule has 0 spiro atoms. The van der Waals surface area contributed by atoms with Gasteiger partial charge in [-0.25, -0.2) is 13.1 Å². The van der Waals surface area contributed by atoms with E-state index < -0.39 is 14.9 Å². The average molecular weight is 420 g/mol. The summed E-state index contributed by atoms with van der Waals surface area (Å²) in [5.41, 5.74) is 2.35. The Morgan fingerprint density at radius 2 is 1.90 bits per heavy atom. The molecule has 1 atom stereocenters. The van der Waals surface area contributed by atoms with Gasteiger partial charge in [0, 0.05) is 37.8 Å². The summed E-state index contributed by atoms with van der Waals surface area (Å²) < 4.78 is 33.9. The number of nitro groups is 1. The number of benzene rings is 2. The smallest absolute Gasteiger partial charge is 0.269 e. The molecule has 1 heterocycles. The predicted octanol–water partition coefficient (Wildman–Crippen LogP) is 2.56. The topological polar surface area (TPSA) is 102 Å². The highest BCUT2D eigenvalue weighted by Gasteiger charge is 2.26. The number of hydrogen-bond donors (Lipinski definition) is 1. The Balaban J connectivity index is 1.83. The first kappa shape index (κ1) is 21.4. The standard InChI is InChI=1S/C20H25N3O5S/c1-15-4-3-5-17(12-15)19(22-8-10-28-11-9-22)14-21-29(26,27)20-7-6-18(23(24)25)13-16(20)2/h3-7,12-13,19,21H,8-11,14H2,1-2H3. The minimum absolute atomic E-state index is 0.0491. The Labute approximate surface area is 170 Å². The molecule has 29 heavy (non-hydrogen) atoms. The number of nitro benzene ring substituents is 1. The lowest BCUT2D eigenvalue weighted by atomic mass is 10.0. The second-order valence-corrected chi connectivity index (χ2v) is 8.87. The first-order valence-corrected chi connectivity index (χ1v) is 10.9. The van der Waals surface area contributed by atoms with Crippen molar-refractivity contribution in [3.05, 3.63) is 69.3 Å². The van der Waals surface area contributed by atoms with Crippen LogP contribution >= 0.6 is 0 Å². The maximum absolute atomic E-state index is 12.9. The summed E-state index contributed by atoms with van der Waals surface area (Å²) in [6.07, 6.45) is 0. The molecule has 2 aromatic carbocycles. The summed E-state index contributed by atoms with van der Waals surface area (Å²) in [6, 6.07) is 11.7. The summed E-state index contributed by atoms with van der Waals surface area (Å²) >= 11 is 0. The van der Waals surface area contributed by atoms with E-state index in [1.165, 1.54) is 18.2 Å². The largest absolute Gasteiger partial charge is 0.379 e. The van der Waals surface area contributed by atoms with Crippen molar-refractivity contribution < 1.29 is 18.1 Å². The lowest BCUT2D eigenvalue weighted by Crippen LogP contribution is -2.43. The van der Waals surface area contributed by atoms with Crippen LogP contribution in [0.3, 0.4) is 0 Å². The van der Waals surface area contributed by atoms with Crippen molar-refractivity contribution in [2.24, 2.45) is 0 Å². The van der Waals surface area contributed by atoms with Crippen LogP contribution in [0.2, 0.25) is 0 Å². The molecule has 1 saturated heterocycles. The predicted molar refractivity (Wildman–Crippen MR) is 109 cm³/mol. The van der Waals surface area contributed by atoms with Gasteiger partial charge in [0.1, 0.15) is 0 Å². The maximum atomic E-state index is 12.9. The normalized spacial score (nSPS) is 16.5. The Bertz CT molecular complexity index is 987. The molecule has 3 rings (SSSR count). The number of morpholine rings is 1. The Morgan fingerprint density at radius 3 is 2.52 bits per heavy atom. The van der Waals surface area contributed by atoms with E-state index >= 15 is 0 Å². The van der Waals surface area contributed by atoms with Crippen molar-refractivity contribution in [1.29, 1.82) is 0 Å². The van der Waals surface area contributed by atoms with Crippen LogP contribution in [0, 0.1) is 24.0 Å². The minimum atomic E-state index is -3.82. The fourth-order valence-electron chi connectivity index (χ4n) is 3.54. The fourth-order valence-corrected chi connectivity index (χ4v) is 4.80. The lowest BCUT2D eigenvalue weighted by Gasteiger charge is -2.35. The van der Waals surface area contributed by atoms with Crippen LogP contribution in [-0.4, -0.2) is 51.1 Å². The molecular weight excluding hydrogens is 394 g/mol. The van der Waals surface area contributed by atoms with E-state index in [9.17, 15) is 18.5 Å². The molecule has 0 bridgehead atoms. The van der Waals surface area contributed by atoms with E-state index in [0.29, 0.717) is 18.8 Å². The molecule has 8 nitrogen and oxygen atoms in total. The van der Waals surface area contributed by atoms with Gasteiger partial charge in [-0.1, -0.05) is 29.8 Å². The number of non-ortho nitro benzene ring substituents is 1. The molecule has 0 aromatic heterocycles. The number of rotatable bonds is 7. The molecule has 1 fully saturated rings. The van der Waals surface area contributed by atoms with E-state index in [0.717, 1.165) is 24.2 Å². The molecular formula is C20H25N3O5S. The van der Waals surface area contributed by atoms with E-state index in [1.54, 1.807) is 6.92 Å². The van der Waals surface area contributed by atoms with Gasteiger partial charge in [0.15, 0.2) is 0 Å². The van der Waals surface area contributed by atoms with Gasteiger partial charge in [0.25, 0.3) is 5.69 Å². The van der Waals surface area contributed by atoms with E-state index in [2.05, 4.69) is 15.7 Å². The monoisotopic (exact) mass is 419 g/mol. The second-order valence-electron chi connectivity index (χ2n) is 7.14. The van der Waals surface area contributed by atoms with Crippen LogP contribution in [-0.2, 0) is 14.8 Å². The van der Waals surface area contributed by atoms with Crippen molar-refractivity contribution in [1.82, 2.24) is 9.62 Å². The second kappa shape index (κ2) is 9.00. The fraction of sp³-hybridized carbons (Fsp3) is 0.400. The van der Waals surface area contributed by atoms with Gasteiger partial charge < -0.3 is 4.74 Å². The molecule has 1 aliphatic rings. The van der Waals surface area contributed by atoms with Gasteiger partial charge >= 0.3 is 0 Å². The summed E-state index contributed by atoms with van der Waals surface area (Å²) in [4.78, 5) is 12.6. The zero-order valence-electron chi connectivity index (χ0n) is 16.5. The molecule has 0 aliphatic carbocycles. The minimum Gasteiger partial charge on any atom is -0.379 e. The van der Waals surface area contributed by atoms with Gasteiger partial charge in [0.05, 0.1) is 23.0 Å². The number of nitrogens with one attached hydrogen (secondary N) is 1. The van der Waals surface area contributed by atoms with Crippen LogP contribution < -0.4 is 4.72 Å². The first-order chi connectivity index (χ1) is 13.8. The van der Waals surface area contributed by atoms with Crippen LogP contribution in [0.5, 0.6) is 0 Å². The highest BCUT2D eigenvalue weighted by atomic mass is 32.2. The lowest BCUT2D eigenvalue weighted by molar-refractivity contribution is -0.385. The molecule has 0 radical (unpaired) electrons. The number of hydrogen-bond acceptors (Lipinski definition) is 6. The Hall–Kier alpha value is -2.33. The number of sulfonamides is 1. The molecule has 156 valence electrons. The Morgan fingerprint density at radius 1 is 1.17 bits per heavy atom. The summed E-state index contributed by atoms with van der Waals surface area (Å²) in [5, 5.41) is 10.9. The van der Waals surface area contributed by atoms with E-state index in [-0.39, 0.29) is 23.2 Å². The van der Waals surface area contributed by atoms with E-state index in [1.807, 2.05) is 25.1 Å². The number of ether oxygens (including phenoxy) is 1. The summed E-state index contributed by atoms with van der Waals surface area (Å²) in [7, 11) is -3.82. The van der Waals surface area contributed by atoms with Gasteiger partial charge in [-0.05, 0) is 31.0 Å². The molecule has 0 amide bonds. The molecule has 1 N–H and O–H groups in total.